The first-order chi connectivity index (χ1) is 16.0. The van der Waals surface area contributed by atoms with Crippen LogP contribution in [0.4, 0.5) is 5.69 Å². The quantitative estimate of drug-likeness (QED) is 0.563. The van der Waals surface area contributed by atoms with Gasteiger partial charge in [0.25, 0.3) is 5.56 Å². The summed E-state index contributed by atoms with van der Waals surface area (Å²) in [6, 6.07) is 18.8. The van der Waals surface area contributed by atoms with Crippen molar-refractivity contribution in [2.45, 2.75) is 37.4 Å². The first-order valence-corrected chi connectivity index (χ1v) is 12.8. The Bertz CT molecular complexity index is 1420. The number of anilines is 1. The zero-order chi connectivity index (χ0) is 23.0. The number of hydrogen-bond acceptors (Lipinski definition) is 5. The average Bonchev–Trinajstić information content (AvgIpc) is 3.32. The Morgan fingerprint density at radius 1 is 1.03 bits per heavy atom. The van der Waals surface area contributed by atoms with Crippen molar-refractivity contribution in [3.63, 3.8) is 0 Å². The van der Waals surface area contributed by atoms with Gasteiger partial charge in [-0.3, -0.25) is 9.36 Å². The molecule has 33 heavy (non-hydrogen) atoms. The molecule has 0 saturated carbocycles. The van der Waals surface area contributed by atoms with Gasteiger partial charge in [-0.05, 0) is 43.7 Å². The first-order valence-electron chi connectivity index (χ1n) is 11.1. The lowest BCUT2D eigenvalue weighted by atomic mass is 9.96. The summed E-state index contributed by atoms with van der Waals surface area (Å²) in [5.41, 5.74) is 2.16. The number of fused-ring (bicyclic) bond motifs is 1. The summed E-state index contributed by atoms with van der Waals surface area (Å²) in [7, 11) is 2.05. The molecule has 5 rings (SSSR count). The van der Waals surface area contributed by atoms with Crippen molar-refractivity contribution in [3.05, 3.63) is 104 Å². The normalized spacial score (nSPS) is 21.7. The van der Waals surface area contributed by atoms with Gasteiger partial charge in [-0.15, -0.1) is 11.3 Å². The van der Waals surface area contributed by atoms with Crippen molar-refractivity contribution in [3.8, 4) is 0 Å². The molecule has 0 amide bonds. The van der Waals surface area contributed by atoms with Crippen molar-refractivity contribution in [2.75, 3.05) is 11.9 Å². The lowest BCUT2D eigenvalue weighted by Gasteiger charge is -2.38. The van der Waals surface area contributed by atoms with Gasteiger partial charge in [0.2, 0.25) is 0 Å². The Morgan fingerprint density at radius 2 is 1.79 bits per heavy atom. The second kappa shape index (κ2) is 8.76. The van der Waals surface area contributed by atoms with Crippen molar-refractivity contribution in [1.29, 1.82) is 0 Å². The third-order valence-electron chi connectivity index (χ3n) is 6.20. The molecule has 3 heterocycles. The van der Waals surface area contributed by atoms with Crippen LogP contribution in [0.5, 0.6) is 0 Å². The van der Waals surface area contributed by atoms with E-state index in [0.717, 1.165) is 26.5 Å². The maximum Gasteiger partial charge on any atom is 0.271 e. The predicted molar refractivity (Wildman–Crippen MR) is 141 cm³/mol. The highest BCUT2D eigenvalue weighted by atomic mass is 32.2. The molecule has 1 unspecified atom stereocenters. The van der Waals surface area contributed by atoms with Gasteiger partial charge in [0.05, 0.1) is 15.9 Å². The fourth-order valence-corrected chi connectivity index (χ4v) is 6.89. The van der Waals surface area contributed by atoms with Gasteiger partial charge in [-0.2, -0.15) is 0 Å². The Labute approximate surface area is 202 Å². The van der Waals surface area contributed by atoms with Crippen LogP contribution in [-0.2, 0) is 13.1 Å². The van der Waals surface area contributed by atoms with Crippen LogP contribution in [0.15, 0.2) is 88.7 Å². The smallest absolute Gasteiger partial charge is 0.271 e. The van der Waals surface area contributed by atoms with Crippen molar-refractivity contribution < 1.29 is 0 Å². The topological polar surface area (TPSA) is 28.5 Å². The molecule has 168 valence electrons. The van der Waals surface area contributed by atoms with Gasteiger partial charge in [0.15, 0.2) is 0 Å². The molecule has 0 saturated heterocycles. The summed E-state index contributed by atoms with van der Waals surface area (Å²) in [6.45, 7) is 5.69. The molecule has 1 aromatic heterocycles. The van der Waals surface area contributed by atoms with E-state index in [-0.39, 0.29) is 11.1 Å². The number of aromatic nitrogens is 1. The van der Waals surface area contributed by atoms with Crippen molar-refractivity contribution >= 4 is 39.9 Å². The second-order valence-corrected chi connectivity index (χ2v) is 10.5. The molecule has 0 spiro atoms. The monoisotopic (exact) mass is 473 g/mol. The van der Waals surface area contributed by atoms with Gasteiger partial charge in [0.1, 0.15) is 9.56 Å². The average molecular weight is 474 g/mol. The summed E-state index contributed by atoms with van der Waals surface area (Å²) in [4.78, 5) is 19.1. The standard InChI is InChI=1S/C27H27N3OS2/c1-4-30-23(18-27(2)16-10-11-17-29(27)19-20-12-6-5-7-13-20)33-24(25(30)31)26-28(3)21-14-8-9-15-22(21)32-26/h5-18H,4,19H2,1-3H3/b23-18-,26-24+. The van der Waals surface area contributed by atoms with Crippen LogP contribution in [0.2, 0.25) is 0 Å². The third kappa shape index (κ3) is 3.98. The Hall–Kier alpha value is -2.96. The molecule has 1 atom stereocenters. The van der Waals surface area contributed by atoms with Crippen molar-refractivity contribution in [2.24, 2.45) is 0 Å². The molecule has 2 aliphatic rings. The fraction of sp³-hybridized carbons (Fsp3) is 0.222. The van der Waals surface area contributed by atoms with E-state index in [0.29, 0.717) is 6.54 Å². The molecule has 0 radical (unpaired) electrons. The number of thioether (sulfide) groups is 1. The van der Waals surface area contributed by atoms with Crippen LogP contribution in [-0.4, -0.2) is 22.1 Å². The summed E-state index contributed by atoms with van der Waals surface area (Å²) < 4.78 is 3.71. The Balaban J connectivity index is 1.61. The van der Waals surface area contributed by atoms with Crippen LogP contribution in [0.25, 0.3) is 11.1 Å². The molecular weight excluding hydrogens is 446 g/mol. The minimum absolute atomic E-state index is 0.0875. The van der Waals surface area contributed by atoms with Crippen LogP contribution >= 0.6 is 23.1 Å². The van der Waals surface area contributed by atoms with E-state index in [1.165, 1.54) is 10.5 Å². The molecular formula is C27H27N3OS2. The lowest BCUT2D eigenvalue weighted by molar-refractivity contribution is 0.269. The third-order valence-corrected chi connectivity index (χ3v) is 8.69. The van der Waals surface area contributed by atoms with E-state index in [1.54, 1.807) is 23.1 Å². The summed E-state index contributed by atoms with van der Waals surface area (Å²) in [6.07, 6.45) is 10.7. The summed E-state index contributed by atoms with van der Waals surface area (Å²) in [5.74, 6) is 0. The maximum absolute atomic E-state index is 13.5. The predicted octanol–water partition coefficient (Wildman–Crippen LogP) is 4.36. The van der Waals surface area contributed by atoms with Crippen LogP contribution in [0.1, 0.15) is 19.4 Å². The second-order valence-electron chi connectivity index (χ2n) is 8.44. The maximum atomic E-state index is 13.5. The number of hydrogen-bond donors (Lipinski definition) is 0. The molecule has 2 aliphatic heterocycles. The van der Waals surface area contributed by atoms with E-state index in [2.05, 4.69) is 83.6 Å². The largest absolute Gasteiger partial charge is 0.361 e. The number of para-hydroxylation sites is 1. The Kier molecular flexibility index (Phi) is 5.81. The molecule has 4 nitrogen and oxygen atoms in total. The van der Waals surface area contributed by atoms with E-state index in [9.17, 15) is 4.79 Å². The molecule has 3 aromatic rings. The number of allylic oxidation sites excluding steroid dienone is 2. The van der Waals surface area contributed by atoms with E-state index in [4.69, 9.17) is 0 Å². The van der Waals surface area contributed by atoms with Crippen molar-refractivity contribution in [1.82, 2.24) is 9.47 Å². The highest BCUT2D eigenvalue weighted by Gasteiger charge is 2.28. The number of thiazole rings is 1. The molecule has 0 aliphatic carbocycles. The Morgan fingerprint density at radius 3 is 2.55 bits per heavy atom. The minimum Gasteiger partial charge on any atom is -0.361 e. The van der Waals surface area contributed by atoms with Gasteiger partial charge in [-0.25, -0.2) is 0 Å². The van der Waals surface area contributed by atoms with Gasteiger partial charge >= 0.3 is 0 Å². The molecule has 0 N–H and O–H groups in total. The molecule has 0 fully saturated rings. The van der Waals surface area contributed by atoms with Gasteiger partial charge in [0, 0.05) is 31.2 Å². The number of rotatable bonds is 4. The van der Waals surface area contributed by atoms with E-state index in [1.807, 2.05) is 36.7 Å². The highest BCUT2D eigenvalue weighted by molar-refractivity contribution is 8.08. The zero-order valence-corrected chi connectivity index (χ0v) is 20.7. The summed E-state index contributed by atoms with van der Waals surface area (Å²) in [5, 5.41) is 1.01. The van der Waals surface area contributed by atoms with E-state index < -0.39 is 0 Å². The summed E-state index contributed by atoms with van der Waals surface area (Å²) >= 11 is 3.28. The van der Waals surface area contributed by atoms with Crippen LogP contribution in [0.3, 0.4) is 0 Å². The number of nitrogens with zero attached hydrogens (tertiary/aromatic N) is 3. The van der Waals surface area contributed by atoms with E-state index >= 15 is 0 Å². The lowest BCUT2D eigenvalue weighted by Crippen LogP contribution is -2.42. The zero-order valence-electron chi connectivity index (χ0n) is 19.1. The molecule has 0 bridgehead atoms. The first kappa shape index (κ1) is 21.9. The van der Waals surface area contributed by atoms with Gasteiger partial charge in [-0.1, -0.05) is 66.4 Å². The number of benzene rings is 2. The minimum atomic E-state index is -0.335. The molecule has 2 aromatic carbocycles. The SMILES string of the molecule is CCn1c(=O)/c(=C2\Sc3ccccc3N2C)s/c1=C\C1(C)C=CC=CN1Cc1ccccc1. The van der Waals surface area contributed by atoms with Crippen LogP contribution < -0.4 is 19.7 Å². The van der Waals surface area contributed by atoms with Gasteiger partial charge < -0.3 is 9.80 Å². The van der Waals surface area contributed by atoms with Crippen LogP contribution in [0, 0.1) is 0 Å². The highest BCUT2D eigenvalue weighted by Crippen LogP contribution is 2.44. The fourth-order valence-electron chi connectivity index (χ4n) is 4.31. The molecule has 6 heteroatoms.